The molecule has 46 valence electrons. The van der Waals surface area contributed by atoms with Crippen LogP contribution in [0.15, 0.2) is 0 Å². The van der Waals surface area contributed by atoms with Crippen molar-refractivity contribution in [1.29, 1.82) is 0 Å². The van der Waals surface area contributed by atoms with Gasteiger partial charge < -0.3 is 0 Å². The van der Waals surface area contributed by atoms with Gasteiger partial charge in [0.05, 0.1) is 0 Å². The first-order valence-corrected chi connectivity index (χ1v) is 2.82. The smallest absolute Gasteiger partial charge is 0.00124 e. The molecular weight excluding hydrogens is 220 g/mol. The third-order valence-corrected chi connectivity index (χ3v) is 1.54. The summed E-state index contributed by atoms with van der Waals surface area (Å²) in [5.74, 6) is 0. The van der Waals surface area contributed by atoms with Crippen molar-refractivity contribution in [3.63, 3.8) is 0 Å². The summed E-state index contributed by atoms with van der Waals surface area (Å²) in [7, 11) is 2.64. The SMILES string of the molecule is CCN(P)CC.I. The molecule has 0 aliphatic carbocycles. The van der Waals surface area contributed by atoms with Crippen LogP contribution in [0.4, 0.5) is 0 Å². The second-order valence-corrected chi connectivity index (χ2v) is 1.95. The molecular formula is C4H13INP. The van der Waals surface area contributed by atoms with Crippen LogP contribution >= 0.6 is 33.4 Å². The quantitative estimate of drug-likeness (QED) is 0.518. The van der Waals surface area contributed by atoms with Gasteiger partial charge in [-0.1, -0.05) is 23.2 Å². The highest BCUT2D eigenvalue weighted by atomic mass is 127. The maximum Gasteiger partial charge on any atom is -0.00124 e. The Bertz CT molecular complexity index is 30.9. The average molecular weight is 233 g/mol. The Balaban J connectivity index is 0. The molecule has 0 spiro atoms. The number of nitrogens with zero attached hydrogens (tertiary/aromatic N) is 1. The maximum atomic E-state index is 2.64. The molecule has 7 heavy (non-hydrogen) atoms. The summed E-state index contributed by atoms with van der Waals surface area (Å²) in [5.41, 5.74) is 0. The van der Waals surface area contributed by atoms with Crippen molar-refractivity contribution in [2.45, 2.75) is 13.8 Å². The van der Waals surface area contributed by atoms with Gasteiger partial charge in [-0.2, -0.15) is 0 Å². The first-order valence-electron chi connectivity index (χ1n) is 2.30. The fraction of sp³-hybridized carbons (Fsp3) is 1.00. The lowest BCUT2D eigenvalue weighted by Crippen LogP contribution is -2.07. The van der Waals surface area contributed by atoms with Crippen molar-refractivity contribution in [3.8, 4) is 0 Å². The van der Waals surface area contributed by atoms with E-state index in [1.54, 1.807) is 0 Å². The molecule has 0 heterocycles. The van der Waals surface area contributed by atoms with E-state index in [0.29, 0.717) is 0 Å². The van der Waals surface area contributed by atoms with Crippen molar-refractivity contribution >= 4 is 33.4 Å². The zero-order valence-electron chi connectivity index (χ0n) is 4.85. The van der Waals surface area contributed by atoms with Crippen molar-refractivity contribution in [2.75, 3.05) is 13.1 Å². The van der Waals surface area contributed by atoms with Gasteiger partial charge in [-0.3, -0.25) is 4.67 Å². The van der Waals surface area contributed by atoms with Crippen LogP contribution in [-0.4, -0.2) is 17.8 Å². The standard InChI is InChI=1S/C4H12NP.HI/c1-3-5(6)4-2;/h3-4,6H2,1-2H3;1H. The predicted molar refractivity (Wildman–Crippen MR) is 48.0 cm³/mol. The molecule has 0 amide bonds. The topological polar surface area (TPSA) is 3.24 Å². The molecule has 0 saturated carbocycles. The lowest BCUT2D eigenvalue weighted by atomic mass is 10.7. The number of rotatable bonds is 2. The summed E-state index contributed by atoms with van der Waals surface area (Å²) in [5, 5.41) is 0. The highest BCUT2D eigenvalue weighted by Crippen LogP contribution is 1.92. The molecule has 0 aliphatic rings. The Labute approximate surface area is 65.1 Å². The second kappa shape index (κ2) is 7.12. The molecule has 0 radical (unpaired) electrons. The molecule has 0 rings (SSSR count). The van der Waals surface area contributed by atoms with Crippen LogP contribution in [0.3, 0.4) is 0 Å². The van der Waals surface area contributed by atoms with Gasteiger partial charge in [-0.05, 0) is 13.1 Å². The van der Waals surface area contributed by atoms with Crippen LogP contribution < -0.4 is 0 Å². The largest absolute Gasteiger partial charge is 0.288 e. The average Bonchev–Trinajstić information content (AvgIpc) is 1.65. The molecule has 0 aromatic carbocycles. The van der Waals surface area contributed by atoms with E-state index >= 15 is 0 Å². The molecule has 0 aromatic rings. The van der Waals surface area contributed by atoms with Gasteiger partial charge in [0.1, 0.15) is 0 Å². The van der Waals surface area contributed by atoms with Crippen LogP contribution in [-0.2, 0) is 0 Å². The van der Waals surface area contributed by atoms with E-state index < -0.39 is 0 Å². The van der Waals surface area contributed by atoms with E-state index in [4.69, 9.17) is 0 Å². The molecule has 0 aromatic heterocycles. The van der Waals surface area contributed by atoms with Crippen molar-refractivity contribution < 1.29 is 0 Å². The monoisotopic (exact) mass is 233 g/mol. The van der Waals surface area contributed by atoms with Crippen LogP contribution in [0.5, 0.6) is 0 Å². The van der Waals surface area contributed by atoms with Gasteiger partial charge >= 0.3 is 0 Å². The van der Waals surface area contributed by atoms with Gasteiger partial charge in [-0.25, -0.2) is 0 Å². The highest BCUT2D eigenvalue weighted by molar-refractivity contribution is 14.0. The van der Waals surface area contributed by atoms with Crippen LogP contribution in [0.2, 0.25) is 0 Å². The molecule has 0 aliphatic heterocycles. The number of halogens is 1. The Morgan fingerprint density at radius 2 is 1.57 bits per heavy atom. The minimum absolute atomic E-state index is 0. The maximum absolute atomic E-state index is 2.64. The predicted octanol–water partition coefficient (Wildman–Crippen LogP) is 1.74. The molecule has 1 nitrogen and oxygen atoms in total. The molecule has 0 N–H and O–H groups in total. The van der Waals surface area contributed by atoms with E-state index in [1.807, 2.05) is 0 Å². The van der Waals surface area contributed by atoms with E-state index in [2.05, 4.69) is 27.9 Å². The zero-order valence-corrected chi connectivity index (χ0v) is 8.33. The fourth-order valence-electron chi connectivity index (χ4n) is 0.224. The molecule has 1 unspecified atom stereocenters. The van der Waals surface area contributed by atoms with Crippen molar-refractivity contribution in [2.24, 2.45) is 0 Å². The van der Waals surface area contributed by atoms with E-state index in [9.17, 15) is 0 Å². The first-order chi connectivity index (χ1) is 2.81. The van der Waals surface area contributed by atoms with E-state index in [1.165, 1.54) is 0 Å². The van der Waals surface area contributed by atoms with Crippen LogP contribution in [0, 0.1) is 0 Å². The summed E-state index contributed by atoms with van der Waals surface area (Å²) < 4.78 is 2.17. The minimum Gasteiger partial charge on any atom is -0.288 e. The van der Waals surface area contributed by atoms with Crippen molar-refractivity contribution in [3.05, 3.63) is 0 Å². The Morgan fingerprint density at radius 3 is 1.57 bits per heavy atom. The van der Waals surface area contributed by atoms with Gasteiger partial charge in [0.15, 0.2) is 0 Å². The van der Waals surface area contributed by atoms with Crippen LogP contribution in [0.25, 0.3) is 0 Å². The fourth-order valence-corrected chi connectivity index (χ4v) is 0.224. The van der Waals surface area contributed by atoms with Gasteiger partial charge in [-0.15, -0.1) is 24.0 Å². The summed E-state index contributed by atoms with van der Waals surface area (Å²) in [6, 6.07) is 0. The number of hydrogen-bond donors (Lipinski definition) is 0. The number of hydrogen-bond acceptors (Lipinski definition) is 1. The Morgan fingerprint density at radius 1 is 1.29 bits per heavy atom. The van der Waals surface area contributed by atoms with Gasteiger partial charge in [0, 0.05) is 0 Å². The van der Waals surface area contributed by atoms with E-state index in [-0.39, 0.29) is 24.0 Å². The molecule has 1 atom stereocenters. The lowest BCUT2D eigenvalue weighted by molar-refractivity contribution is 0.524. The second-order valence-electron chi connectivity index (χ2n) is 1.22. The summed E-state index contributed by atoms with van der Waals surface area (Å²) in [6.45, 7) is 6.52. The highest BCUT2D eigenvalue weighted by Gasteiger charge is 1.81. The van der Waals surface area contributed by atoms with Crippen LogP contribution in [0.1, 0.15) is 13.8 Å². The lowest BCUT2D eigenvalue weighted by Gasteiger charge is -2.06. The Kier molecular flexibility index (Phi) is 11.2. The minimum atomic E-state index is 0. The van der Waals surface area contributed by atoms with Crippen molar-refractivity contribution in [1.82, 2.24) is 4.67 Å². The van der Waals surface area contributed by atoms with Gasteiger partial charge in [0.25, 0.3) is 0 Å². The summed E-state index contributed by atoms with van der Waals surface area (Å²) in [6.07, 6.45) is 0. The third kappa shape index (κ3) is 7.12. The van der Waals surface area contributed by atoms with Gasteiger partial charge in [0.2, 0.25) is 0 Å². The molecule has 0 bridgehead atoms. The molecule has 0 saturated heterocycles. The first kappa shape index (κ1) is 11.0. The zero-order chi connectivity index (χ0) is 4.99. The van der Waals surface area contributed by atoms with E-state index in [0.717, 1.165) is 13.1 Å². The molecule has 3 heteroatoms. The third-order valence-electron chi connectivity index (χ3n) is 0.812. The molecule has 0 fully saturated rings. The summed E-state index contributed by atoms with van der Waals surface area (Å²) in [4.78, 5) is 0. The normalized spacial score (nSPS) is 8.57. The summed E-state index contributed by atoms with van der Waals surface area (Å²) >= 11 is 0. The Hall–Kier alpha value is 1.12.